The first-order valence-electron chi connectivity index (χ1n) is 6.73. The van der Waals surface area contributed by atoms with Crippen LogP contribution < -0.4 is 9.64 Å². The molecule has 0 fully saturated rings. The number of likely N-dealkylation sites (N-methyl/N-ethyl adjacent to an activating group) is 1. The number of anilines is 1. The van der Waals surface area contributed by atoms with E-state index >= 15 is 0 Å². The van der Waals surface area contributed by atoms with Crippen LogP contribution in [0.3, 0.4) is 0 Å². The first-order valence-corrected chi connectivity index (χ1v) is 6.73. The number of ether oxygens (including phenoxy) is 1. The van der Waals surface area contributed by atoms with Crippen LogP contribution in [0.2, 0.25) is 0 Å². The summed E-state index contributed by atoms with van der Waals surface area (Å²) in [6, 6.07) is 17.2. The second kappa shape index (κ2) is 6.75. The van der Waals surface area contributed by atoms with Crippen LogP contribution in [0.1, 0.15) is 17.3 Å². The predicted molar refractivity (Wildman–Crippen MR) is 81.7 cm³/mol. The molecule has 2 rings (SSSR count). The molecule has 0 aliphatic carbocycles. The molecule has 2 aromatic carbocycles. The van der Waals surface area contributed by atoms with E-state index in [1.807, 2.05) is 73.5 Å². The summed E-state index contributed by atoms with van der Waals surface area (Å²) in [6.45, 7) is 2.93. The Bertz CT molecular complexity index is 549. The van der Waals surface area contributed by atoms with Crippen molar-refractivity contribution < 1.29 is 9.53 Å². The average molecular weight is 269 g/mol. The monoisotopic (exact) mass is 269 g/mol. The Labute approximate surface area is 119 Å². The highest BCUT2D eigenvalue weighted by atomic mass is 16.5. The quantitative estimate of drug-likeness (QED) is 0.753. The molecule has 0 heterocycles. The molecule has 0 atom stereocenters. The molecule has 3 heteroatoms. The molecule has 3 nitrogen and oxygen atoms in total. The SMILES string of the molecule is CCOc1ccc(C(=O)CN(C)c2ccccc2)cc1. The Hall–Kier alpha value is -2.29. The number of hydrogen-bond donors (Lipinski definition) is 0. The largest absolute Gasteiger partial charge is 0.494 e. The molecule has 0 radical (unpaired) electrons. The molecule has 0 aliphatic heterocycles. The molecule has 0 N–H and O–H groups in total. The van der Waals surface area contributed by atoms with Gasteiger partial charge >= 0.3 is 0 Å². The van der Waals surface area contributed by atoms with Crippen molar-refractivity contribution in [1.29, 1.82) is 0 Å². The van der Waals surface area contributed by atoms with Crippen molar-refractivity contribution in [2.24, 2.45) is 0 Å². The van der Waals surface area contributed by atoms with Crippen molar-refractivity contribution in [3.8, 4) is 5.75 Å². The fourth-order valence-electron chi connectivity index (χ4n) is 1.98. The molecule has 0 bridgehead atoms. The normalized spacial score (nSPS) is 10.1. The maximum Gasteiger partial charge on any atom is 0.182 e. The second-order valence-corrected chi connectivity index (χ2v) is 4.57. The van der Waals surface area contributed by atoms with Crippen LogP contribution in [0.25, 0.3) is 0 Å². The van der Waals surface area contributed by atoms with E-state index in [1.165, 1.54) is 0 Å². The Morgan fingerprint density at radius 1 is 1.05 bits per heavy atom. The smallest absolute Gasteiger partial charge is 0.182 e. The molecule has 0 amide bonds. The molecule has 0 spiro atoms. The van der Waals surface area contributed by atoms with E-state index < -0.39 is 0 Å². The van der Waals surface area contributed by atoms with E-state index in [-0.39, 0.29) is 5.78 Å². The number of hydrogen-bond acceptors (Lipinski definition) is 3. The first-order chi connectivity index (χ1) is 9.70. The lowest BCUT2D eigenvalue weighted by Crippen LogP contribution is -2.25. The molecule has 0 aromatic heterocycles. The van der Waals surface area contributed by atoms with Gasteiger partial charge in [-0.05, 0) is 43.3 Å². The Balaban J connectivity index is 2.01. The number of nitrogens with zero attached hydrogens (tertiary/aromatic N) is 1. The molecule has 104 valence electrons. The van der Waals surface area contributed by atoms with Crippen molar-refractivity contribution in [2.45, 2.75) is 6.92 Å². The number of Topliss-reactive ketones (excluding diaryl/α,β-unsaturated/α-hetero) is 1. The van der Waals surface area contributed by atoms with E-state index in [2.05, 4.69) is 0 Å². The van der Waals surface area contributed by atoms with Gasteiger partial charge in [0.2, 0.25) is 0 Å². The lowest BCUT2D eigenvalue weighted by molar-refractivity contribution is 0.100. The highest BCUT2D eigenvalue weighted by Gasteiger charge is 2.09. The molecule has 0 aliphatic rings. The Morgan fingerprint density at radius 2 is 1.70 bits per heavy atom. The minimum Gasteiger partial charge on any atom is -0.494 e. The van der Waals surface area contributed by atoms with Crippen LogP contribution in [0.4, 0.5) is 5.69 Å². The fourth-order valence-corrected chi connectivity index (χ4v) is 1.98. The zero-order valence-electron chi connectivity index (χ0n) is 11.9. The molecule has 0 saturated heterocycles. The number of rotatable bonds is 6. The number of carbonyl (C=O) groups excluding carboxylic acids is 1. The van der Waals surface area contributed by atoms with Gasteiger partial charge in [0.05, 0.1) is 13.2 Å². The Morgan fingerprint density at radius 3 is 2.30 bits per heavy atom. The number of para-hydroxylation sites is 1. The summed E-state index contributed by atoms with van der Waals surface area (Å²) in [6.07, 6.45) is 0. The molecular formula is C17H19NO2. The number of ketones is 1. The minimum absolute atomic E-state index is 0.0967. The first kappa shape index (κ1) is 14.1. The van der Waals surface area contributed by atoms with Gasteiger partial charge in [-0.1, -0.05) is 18.2 Å². The van der Waals surface area contributed by atoms with Crippen molar-refractivity contribution in [2.75, 3.05) is 25.1 Å². The van der Waals surface area contributed by atoms with Crippen LogP contribution in [-0.2, 0) is 0 Å². The van der Waals surface area contributed by atoms with Crippen molar-refractivity contribution >= 4 is 11.5 Å². The lowest BCUT2D eigenvalue weighted by Gasteiger charge is -2.18. The van der Waals surface area contributed by atoms with Crippen molar-refractivity contribution in [3.63, 3.8) is 0 Å². The van der Waals surface area contributed by atoms with Crippen LogP contribution in [0.5, 0.6) is 5.75 Å². The summed E-state index contributed by atoms with van der Waals surface area (Å²) >= 11 is 0. The minimum atomic E-state index is 0.0967. The van der Waals surface area contributed by atoms with Crippen LogP contribution >= 0.6 is 0 Å². The Kier molecular flexibility index (Phi) is 4.77. The third kappa shape index (κ3) is 3.60. The fraction of sp³-hybridized carbons (Fsp3) is 0.235. The van der Waals surface area contributed by atoms with Gasteiger partial charge in [0.15, 0.2) is 5.78 Å². The van der Waals surface area contributed by atoms with Gasteiger partial charge in [-0.25, -0.2) is 0 Å². The standard InChI is InChI=1S/C17H19NO2/c1-3-20-16-11-9-14(10-12-16)17(19)13-18(2)15-7-5-4-6-8-15/h4-12H,3,13H2,1-2H3. The van der Waals surface area contributed by atoms with E-state index in [9.17, 15) is 4.79 Å². The van der Waals surface area contributed by atoms with Gasteiger partial charge in [0.1, 0.15) is 5.75 Å². The highest BCUT2D eigenvalue weighted by molar-refractivity contribution is 5.99. The molecule has 2 aromatic rings. The van der Waals surface area contributed by atoms with Gasteiger partial charge in [-0.15, -0.1) is 0 Å². The second-order valence-electron chi connectivity index (χ2n) is 4.57. The average Bonchev–Trinajstić information content (AvgIpc) is 2.49. The van der Waals surface area contributed by atoms with Gasteiger partial charge in [0.25, 0.3) is 0 Å². The van der Waals surface area contributed by atoms with Crippen LogP contribution in [0, 0.1) is 0 Å². The molecule has 20 heavy (non-hydrogen) atoms. The topological polar surface area (TPSA) is 29.5 Å². The van der Waals surface area contributed by atoms with Gasteiger partial charge in [0, 0.05) is 18.3 Å². The van der Waals surface area contributed by atoms with Gasteiger partial charge in [-0.3, -0.25) is 4.79 Å². The third-order valence-corrected chi connectivity index (χ3v) is 3.07. The van der Waals surface area contributed by atoms with E-state index in [1.54, 1.807) is 0 Å². The van der Waals surface area contributed by atoms with E-state index in [0.717, 1.165) is 11.4 Å². The summed E-state index contributed by atoms with van der Waals surface area (Å²) in [7, 11) is 1.92. The third-order valence-electron chi connectivity index (χ3n) is 3.07. The zero-order valence-corrected chi connectivity index (χ0v) is 11.9. The highest BCUT2D eigenvalue weighted by Crippen LogP contribution is 2.15. The van der Waals surface area contributed by atoms with E-state index in [4.69, 9.17) is 4.74 Å². The number of benzene rings is 2. The molecule has 0 saturated carbocycles. The summed E-state index contributed by atoms with van der Waals surface area (Å²) in [5, 5.41) is 0. The van der Waals surface area contributed by atoms with E-state index in [0.29, 0.717) is 18.7 Å². The summed E-state index contributed by atoms with van der Waals surface area (Å²) in [5.41, 5.74) is 1.74. The van der Waals surface area contributed by atoms with Gasteiger partial charge in [-0.2, -0.15) is 0 Å². The van der Waals surface area contributed by atoms with Crippen LogP contribution in [-0.4, -0.2) is 26.0 Å². The predicted octanol–water partition coefficient (Wildman–Crippen LogP) is 3.40. The molecule has 0 unspecified atom stereocenters. The molecular weight excluding hydrogens is 250 g/mol. The summed E-state index contributed by atoms with van der Waals surface area (Å²) in [4.78, 5) is 14.2. The van der Waals surface area contributed by atoms with Crippen molar-refractivity contribution in [3.05, 3.63) is 60.2 Å². The summed E-state index contributed by atoms with van der Waals surface area (Å²) in [5.74, 6) is 0.889. The number of carbonyl (C=O) groups is 1. The maximum atomic E-state index is 12.2. The summed E-state index contributed by atoms with van der Waals surface area (Å²) < 4.78 is 5.37. The van der Waals surface area contributed by atoms with Gasteiger partial charge < -0.3 is 9.64 Å². The van der Waals surface area contributed by atoms with Crippen LogP contribution in [0.15, 0.2) is 54.6 Å². The zero-order chi connectivity index (χ0) is 14.4. The maximum absolute atomic E-state index is 12.2. The van der Waals surface area contributed by atoms with Crippen molar-refractivity contribution in [1.82, 2.24) is 0 Å². The lowest BCUT2D eigenvalue weighted by atomic mass is 10.1.